The maximum atomic E-state index is 12.6. The van der Waals surface area contributed by atoms with Crippen molar-refractivity contribution < 1.29 is 9.21 Å². The van der Waals surface area contributed by atoms with Gasteiger partial charge in [-0.1, -0.05) is 36.4 Å². The molecule has 1 aromatic heterocycles. The molecule has 1 aliphatic carbocycles. The van der Waals surface area contributed by atoms with Crippen LogP contribution in [0.3, 0.4) is 0 Å². The Morgan fingerprint density at radius 1 is 0.964 bits per heavy atom. The van der Waals surface area contributed by atoms with Crippen LogP contribution in [-0.2, 0) is 4.79 Å². The molecule has 5 rings (SSSR count). The first-order valence-electron chi connectivity index (χ1n) is 10.1. The average molecular weight is 376 g/mol. The van der Waals surface area contributed by atoms with Crippen LogP contribution in [0, 0.1) is 0 Å². The van der Waals surface area contributed by atoms with E-state index in [-0.39, 0.29) is 5.91 Å². The van der Waals surface area contributed by atoms with Crippen LogP contribution in [0.4, 0.5) is 5.69 Å². The van der Waals surface area contributed by atoms with Gasteiger partial charge >= 0.3 is 0 Å². The number of amides is 1. The molecule has 2 aliphatic rings. The Hall–Kier alpha value is -2.73. The van der Waals surface area contributed by atoms with E-state index in [0.717, 1.165) is 54.2 Å². The van der Waals surface area contributed by atoms with Crippen molar-refractivity contribution in [2.75, 3.05) is 25.0 Å². The maximum Gasteiger partial charge on any atom is 0.238 e. The molecule has 1 aliphatic heterocycles. The van der Waals surface area contributed by atoms with Crippen LogP contribution in [0.2, 0.25) is 0 Å². The van der Waals surface area contributed by atoms with E-state index in [9.17, 15) is 4.79 Å². The van der Waals surface area contributed by atoms with E-state index in [1.165, 1.54) is 12.8 Å². The topological polar surface area (TPSA) is 71.3 Å². The molecule has 1 amide bonds. The highest BCUT2D eigenvalue weighted by Crippen LogP contribution is 2.40. The zero-order chi connectivity index (χ0) is 18.9. The van der Waals surface area contributed by atoms with Gasteiger partial charge < -0.3 is 9.73 Å². The van der Waals surface area contributed by atoms with E-state index >= 15 is 0 Å². The Morgan fingerprint density at radius 3 is 2.39 bits per heavy atom. The molecule has 2 aromatic carbocycles. The predicted octanol–water partition coefficient (Wildman–Crippen LogP) is 3.92. The summed E-state index contributed by atoms with van der Waals surface area (Å²) in [6, 6.07) is 14.1. The first-order valence-corrected chi connectivity index (χ1v) is 10.1. The standard InChI is InChI=1S/C22H24N4O2/c27-20(23-19-7-3-5-15-4-1-2-6-18(15)19)14-26-12-10-17(11-13-26)22-25-24-21(28-22)16-8-9-16/h1-7,16-17H,8-14H2,(H,23,27). The van der Waals surface area contributed by atoms with Gasteiger partial charge in [-0.25, -0.2) is 0 Å². The SMILES string of the molecule is O=C(CN1CCC(c2nnc(C3CC3)o2)CC1)Nc1cccc2ccccc12. The molecule has 1 saturated carbocycles. The van der Waals surface area contributed by atoms with Gasteiger partial charge in [0.1, 0.15) is 0 Å². The number of fused-ring (bicyclic) bond motifs is 1. The third kappa shape index (κ3) is 3.64. The minimum Gasteiger partial charge on any atom is -0.425 e. The number of nitrogens with one attached hydrogen (secondary N) is 1. The van der Waals surface area contributed by atoms with Crippen molar-refractivity contribution in [2.24, 2.45) is 0 Å². The summed E-state index contributed by atoms with van der Waals surface area (Å²) >= 11 is 0. The molecule has 0 atom stereocenters. The van der Waals surface area contributed by atoms with Gasteiger partial charge in [0.15, 0.2) is 0 Å². The molecule has 6 nitrogen and oxygen atoms in total. The van der Waals surface area contributed by atoms with Crippen LogP contribution >= 0.6 is 0 Å². The van der Waals surface area contributed by atoms with Crippen LogP contribution in [0.5, 0.6) is 0 Å². The number of carbonyl (C=O) groups is 1. The number of rotatable bonds is 5. The van der Waals surface area contributed by atoms with Crippen LogP contribution in [0.1, 0.15) is 49.3 Å². The van der Waals surface area contributed by atoms with Crippen LogP contribution in [0.15, 0.2) is 46.9 Å². The van der Waals surface area contributed by atoms with Gasteiger partial charge in [0, 0.05) is 22.9 Å². The van der Waals surface area contributed by atoms with Crippen molar-refractivity contribution in [1.29, 1.82) is 0 Å². The Bertz CT molecular complexity index is 982. The Morgan fingerprint density at radius 2 is 1.64 bits per heavy atom. The molecular weight excluding hydrogens is 352 g/mol. The molecule has 0 radical (unpaired) electrons. The number of anilines is 1. The van der Waals surface area contributed by atoms with Gasteiger partial charge in [0.05, 0.1) is 6.54 Å². The summed E-state index contributed by atoms with van der Waals surface area (Å²) in [5, 5.41) is 13.7. The minimum absolute atomic E-state index is 0.0311. The van der Waals surface area contributed by atoms with Crippen molar-refractivity contribution in [3.8, 4) is 0 Å². The zero-order valence-corrected chi connectivity index (χ0v) is 15.8. The fourth-order valence-corrected chi connectivity index (χ4v) is 3.97. The largest absolute Gasteiger partial charge is 0.425 e. The second kappa shape index (κ2) is 7.36. The number of hydrogen-bond acceptors (Lipinski definition) is 5. The minimum atomic E-state index is 0.0311. The summed E-state index contributed by atoms with van der Waals surface area (Å²) in [6.07, 6.45) is 4.25. The Kier molecular flexibility index (Phi) is 4.56. The highest BCUT2D eigenvalue weighted by molar-refractivity contribution is 6.02. The molecule has 0 unspecified atom stereocenters. The fourth-order valence-electron chi connectivity index (χ4n) is 3.97. The quantitative estimate of drug-likeness (QED) is 0.731. The summed E-state index contributed by atoms with van der Waals surface area (Å²) in [4.78, 5) is 14.8. The molecule has 6 heteroatoms. The van der Waals surface area contributed by atoms with Gasteiger partial charge in [0.2, 0.25) is 17.7 Å². The summed E-state index contributed by atoms with van der Waals surface area (Å²) in [5.74, 6) is 2.44. The average Bonchev–Trinajstić information content (AvgIpc) is 3.46. The number of nitrogens with zero attached hydrogens (tertiary/aromatic N) is 3. The first-order chi connectivity index (χ1) is 13.8. The first kappa shape index (κ1) is 17.4. The smallest absolute Gasteiger partial charge is 0.238 e. The van der Waals surface area contributed by atoms with E-state index in [0.29, 0.717) is 18.4 Å². The summed E-state index contributed by atoms with van der Waals surface area (Å²) < 4.78 is 5.86. The lowest BCUT2D eigenvalue weighted by Gasteiger charge is -2.29. The fraction of sp³-hybridized carbons (Fsp3) is 0.409. The number of hydrogen-bond donors (Lipinski definition) is 1. The predicted molar refractivity (Wildman–Crippen MR) is 107 cm³/mol. The zero-order valence-electron chi connectivity index (χ0n) is 15.8. The van der Waals surface area contributed by atoms with Gasteiger partial charge in [-0.15, -0.1) is 10.2 Å². The highest BCUT2D eigenvalue weighted by Gasteiger charge is 2.32. The van der Waals surface area contributed by atoms with E-state index in [1.54, 1.807) is 0 Å². The second-order valence-corrected chi connectivity index (χ2v) is 7.88. The van der Waals surface area contributed by atoms with Crippen LogP contribution < -0.4 is 5.32 Å². The molecular formula is C22H24N4O2. The van der Waals surface area contributed by atoms with Crippen molar-refractivity contribution in [3.63, 3.8) is 0 Å². The lowest BCUT2D eigenvalue weighted by molar-refractivity contribution is -0.117. The number of piperidine rings is 1. The van der Waals surface area contributed by atoms with Gasteiger partial charge in [-0.3, -0.25) is 9.69 Å². The monoisotopic (exact) mass is 376 g/mol. The van der Waals surface area contributed by atoms with E-state index in [1.807, 2.05) is 30.3 Å². The van der Waals surface area contributed by atoms with E-state index < -0.39 is 0 Å². The molecule has 1 N–H and O–H groups in total. The lowest BCUT2D eigenvalue weighted by atomic mass is 9.97. The molecule has 0 spiro atoms. The third-order valence-electron chi connectivity index (χ3n) is 5.75. The number of benzene rings is 2. The number of carbonyl (C=O) groups excluding carboxylic acids is 1. The second-order valence-electron chi connectivity index (χ2n) is 7.88. The summed E-state index contributed by atoms with van der Waals surface area (Å²) in [7, 11) is 0. The number of aromatic nitrogens is 2. The maximum absolute atomic E-state index is 12.6. The molecule has 3 aromatic rings. The van der Waals surface area contributed by atoms with Crippen molar-refractivity contribution in [2.45, 2.75) is 37.5 Å². The van der Waals surface area contributed by atoms with Crippen LogP contribution in [0.25, 0.3) is 10.8 Å². The molecule has 144 valence electrons. The van der Waals surface area contributed by atoms with Crippen LogP contribution in [-0.4, -0.2) is 40.6 Å². The van der Waals surface area contributed by atoms with Gasteiger partial charge in [-0.05, 0) is 50.2 Å². The third-order valence-corrected chi connectivity index (χ3v) is 5.75. The lowest BCUT2D eigenvalue weighted by Crippen LogP contribution is -2.38. The van der Waals surface area contributed by atoms with E-state index in [4.69, 9.17) is 4.42 Å². The van der Waals surface area contributed by atoms with E-state index in [2.05, 4.69) is 32.5 Å². The summed E-state index contributed by atoms with van der Waals surface area (Å²) in [6.45, 7) is 2.15. The molecule has 28 heavy (non-hydrogen) atoms. The van der Waals surface area contributed by atoms with Gasteiger partial charge in [0.25, 0.3) is 0 Å². The van der Waals surface area contributed by atoms with Gasteiger partial charge in [-0.2, -0.15) is 0 Å². The number of likely N-dealkylation sites (tertiary alicyclic amines) is 1. The summed E-state index contributed by atoms with van der Waals surface area (Å²) in [5.41, 5.74) is 0.872. The Balaban J connectivity index is 1.16. The molecule has 1 saturated heterocycles. The Labute approximate surface area is 163 Å². The molecule has 2 heterocycles. The van der Waals surface area contributed by atoms with Crippen molar-refractivity contribution in [1.82, 2.24) is 15.1 Å². The highest BCUT2D eigenvalue weighted by atomic mass is 16.4. The van der Waals surface area contributed by atoms with Crippen molar-refractivity contribution in [3.05, 3.63) is 54.2 Å². The normalized spacial score (nSPS) is 18.4. The molecule has 0 bridgehead atoms. The van der Waals surface area contributed by atoms with Crippen molar-refractivity contribution >= 4 is 22.4 Å². The molecule has 2 fully saturated rings.